The number of carbonyl (C=O) groups is 1. The standard InChI is InChI=1S/C16H17N3O3/c1-2-18-9-17-12-5-6-19(8-13(12)18)16(20)11-3-4-14-15(7-11)22-10-21-14/h3-4,7,9H,2,5-6,8,10H2,1H3. The third kappa shape index (κ3) is 2.03. The number of nitrogens with zero attached hydrogens (tertiary/aromatic N) is 3. The highest BCUT2D eigenvalue weighted by molar-refractivity contribution is 5.95. The zero-order valence-electron chi connectivity index (χ0n) is 12.4. The molecule has 4 rings (SSSR count). The predicted octanol–water partition coefficient (Wildman–Crippen LogP) is 1.83. The third-order valence-electron chi connectivity index (χ3n) is 4.24. The summed E-state index contributed by atoms with van der Waals surface area (Å²) < 4.78 is 12.7. The molecule has 0 fully saturated rings. The molecule has 0 unspecified atom stereocenters. The fraction of sp³-hybridized carbons (Fsp3) is 0.375. The Balaban J connectivity index is 1.59. The van der Waals surface area contributed by atoms with E-state index in [-0.39, 0.29) is 12.7 Å². The van der Waals surface area contributed by atoms with Crippen molar-refractivity contribution in [3.63, 3.8) is 0 Å². The van der Waals surface area contributed by atoms with Gasteiger partial charge in [-0.15, -0.1) is 0 Å². The van der Waals surface area contributed by atoms with Crippen LogP contribution in [-0.4, -0.2) is 33.7 Å². The first-order valence-corrected chi connectivity index (χ1v) is 7.48. The second-order valence-corrected chi connectivity index (χ2v) is 5.47. The maximum absolute atomic E-state index is 12.7. The van der Waals surface area contributed by atoms with E-state index in [1.165, 1.54) is 0 Å². The van der Waals surface area contributed by atoms with Crippen molar-refractivity contribution in [1.29, 1.82) is 0 Å². The van der Waals surface area contributed by atoms with Crippen LogP contribution in [0.3, 0.4) is 0 Å². The van der Waals surface area contributed by atoms with Gasteiger partial charge in [0.15, 0.2) is 11.5 Å². The van der Waals surface area contributed by atoms with E-state index in [0.29, 0.717) is 30.2 Å². The largest absolute Gasteiger partial charge is 0.454 e. The molecular formula is C16H17N3O3. The molecule has 2 aromatic rings. The van der Waals surface area contributed by atoms with Gasteiger partial charge in [-0.2, -0.15) is 0 Å². The molecule has 0 bridgehead atoms. The number of imidazole rings is 1. The van der Waals surface area contributed by atoms with Crippen molar-refractivity contribution in [2.45, 2.75) is 26.4 Å². The number of carbonyl (C=O) groups excluding carboxylic acids is 1. The Morgan fingerprint density at radius 2 is 2.18 bits per heavy atom. The van der Waals surface area contributed by atoms with Gasteiger partial charge in [-0.1, -0.05) is 0 Å². The molecule has 0 aliphatic carbocycles. The number of aromatic nitrogens is 2. The van der Waals surface area contributed by atoms with Gasteiger partial charge in [0.05, 0.1) is 24.3 Å². The summed E-state index contributed by atoms with van der Waals surface area (Å²) >= 11 is 0. The summed E-state index contributed by atoms with van der Waals surface area (Å²) in [6, 6.07) is 5.35. The molecule has 1 aromatic carbocycles. The van der Waals surface area contributed by atoms with Crippen LogP contribution in [-0.2, 0) is 19.5 Å². The van der Waals surface area contributed by atoms with Crippen molar-refractivity contribution in [2.75, 3.05) is 13.3 Å². The molecule has 0 atom stereocenters. The topological polar surface area (TPSA) is 56.6 Å². The number of amides is 1. The molecular weight excluding hydrogens is 282 g/mol. The van der Waals surface area contributed by atoms with Crippen LogP contribution in [0, 0.1) is 0 Å². The average Bonchev–Trinajstić information content (AvgIpc) is 3.18. The van der Waals surface area contributed by atoms with Crippen molar-refractivity contribution in [1.82, 2.24) is 14.5 Å². The molecule has 1 amide bonds. The van der Waals surface area contributed by atoms with E-state index in [1.54, 1.807) is 18.2 Å². The van der Waals surface area contributed by atoms with Gasteiger partial charge >= 0.3 is 0 Å². The van der Waals surface area contributed by atoms with Crippen molar-refractivity contribution in [3.8, 4) is 11.5 Å². The lowest BCUT2D eigenvalue weighted by atomic mass is 10.1. The number of hydrogen-bond donors (Lipinski definition) is 0. The SMILES string of the molecule is CCn1cnc2c1CN(C(=O)c1ccc3c(c1)OCO3)CC2. The minimum absolute atomic E-state index is 0.0211. The van der Waals surface area contributed by atoms with Crippen LogP contribution in [0.4, 0.5) is 0 Å². The molecule has 2 aliphatic rings. The van der Waals surface area contributed by atoms with E-state index in [2.05, 4.69) is 16.5 Å². The summed E-state index contributed by atoms with van der Waals surface area (Å²) in [5, 5.41) is 0. The smallest absolute Gasteiger partial charge is 0.254 e. The van der Waals surface area contributed by atoms with E-state index >= 15 is 0 Å². The Morgan fingerprint density at radius 3 is 3.05 bits per heavy atom. The molecule has 6 heteroatoms. The summed E-state index contributed by atoms with van der Waals surface area (Å²) in [5.41, 5.74) is 2.88. The Morgan fingerprint density at radius 1 is 1.32 bits per heavy atom. The molecule has 0 spiro atoms. The highest BCUT2D eigenvalue weighted by atomic mass is 16.7. The monoisotopic (exact) mass is 299 g/mol. The molecule has 22 heavy (non-hydrogen) atoms. The van der Waals surface area contributed by atoms with Gasteiger partial charge in [0.2, 0.25) is 6.79 Å². The van der Waals surface area contributed by atoms with Crippen molar-refractivity contribution >= 4 is 5.91 Å². The lowest BCUT2D eigenvalue weighted by molar-refractivity contribution is 0.0729. The first-order chi connectivity index (χ1) is 10.8. The van der Waals surface area contributed by atoms with Crippen LogP contribution in [0.2, 0.25) is 0 Å². The summed E-state index contributed by atoms with van der Waals surface area (Å²) in [6.07, 6.45) is 2.66. The van der Waals surface area contributed by atoms with Crippen LogP contribution in [0.15, 0.2) is 24.5 Å². The van der Waals surface area contributed by atoms with Gasteiger partial charge in [-0.05, 0) is 25.1 Å². The minimum atomic E-state index is 0.0211. The Hall–Kier alpha value is -2.50. The molecule has 0 saturated heterocycles. The summed E-state index contributed by atoms with van der Waals surface area (Å²) in [5.74, 6) is 1.36. The fourth-order valence-electron chi connectivity index (χ4n) is 3.00. The van der Waals surface area contributed by atoms with E-state index in [4.69, 9.17) is 9.47 Å². The zero-order chi connectivity index (χ0) is 15.1. The van der Waals surface area contributed by atoms with Crippen molar-refractivity contribution in [3.05, 3.63) is 41.5 Å². The third-order valence-corrected chi connectivity index (χ3v) is 4.24. The average molecular weight is 299 g/mol. The number of benzene rings is 1. The minimum Gasteiger partial charge on any atom is -0.454 e. The Labute approximate surface area is 128 Å². The Bertz CT molecular complexity index is 725. The highest BCUT2D eigenvalue weighted by Gasteiger charge is 2.26. The molecule has 2 aliphatic heterocycles. The molecule has 114 valence electrons. The lowest BCUT2D eigenvalue weighted by Gasteiger charge is -2.27. The van der Waals surface area contributed by atoms with E-state index < -0.39 is 0 Å². The number of ether oxygens (including phenoxy) is 2. The maximum atomic E-state index is 12.7. The van der Waals surface area contributed by atoms with E-state index in [1.807, 2.05) is 11.2 Å². The van der Waals surface area contributed by atoms with Crippen LogP contribution in [0.5, 0.6) is 11.5 Å². The summed E-state index contributed by atoms with van der Waals surface area (Å²) in [4.78, 5) is 19.0. The van der Waals surface area contributed by atoms with Crippen LogP contribution in [0.25, 0.3) is 0 Å². The summed E-state index contributed by atoms with van der Waals surface area (Å²) in [6.45, 7) is 4.47. The molecule has 0 radical (unpaired) electrons. The molecule has 6 nitrogen and oxygen atoms in total. The maximum Gasteiger partial charge on any atom is 0.254 e. The zero-order valence-corrected chi connectivity index (χ0v) is 12.4. The lowest BCUT2D eigenvalue weighted by Crippen LogP contribution is -2.36. The number of aryl methyl sites for hydroxylation is 1. The van der Waals surface area contributed by atoms with Crippen LogP contribution in [0.1, 0.15) is 28.7 Å². The van der Waals surface area contributed by atoms with E-state index in [0.717, 1.165) is 24.4 Å². The number of fused-ring (bicyclic) bond motifs is 2. The van der Waals surface area contributed by atoms with Gasteiger partial charge in [-0.3, -0.25) is 4.79 Å². The summed E-state index contributed by atoms with van der Waals surface area (Å²) in [7, 11) is 0. The predicted molar refractivity (Wildman–Crippen MR) is 78.9 cm³/mol. The van der Waals surface area contributed by atoms with Gasteiger partial charge in [0, 0.05) is 25.1 Å². The van der Waals surface area contributed by atoms with Crippen LogP contribution < -0.4 is 9.47 Å². The first kappa shape index (κ1) is 13.2. The fourth-order valence-corrected chi connectivity index (χ4v) is 3.00. The molecule has 0 N–H and O–H groups in total. The van der Waals surface area contributed by atoms with Crippen molar-refractivity contribution in [2.24, 2.45) is 0 Å². The van der Waals surface area contributed by atoms with E-state index in [9.17, 15) is 4.79 Å². The highest BCUT2D eigenvalue weighted by Crippen LogP contribution is 2.33. The second-order valence-electron chi connectivity index (χ2n) is 5.47. The normalized spacial score (nSPS) is 15.8. The van der Waals surface area contributed by atoms with Gasteiger partial charge < -0.3 is 18.9 Å². The number of rotatable bonds is 2. The first-order valence-electron chi connectivity index (χ1n) is 7.48. The quantitative estimate of drug-likeness (QED) is 0.849. The van der Waals surface area contributed by atoms with Gasteiger partial charge in [0.1, 0.15) is 0 Å². The van der Waals surface area contributed by atoms with Gasteiger partial charge in [-0.25, -0.2) is 4.98 Å². The van der Waals surface area contributed by atoms with Gasteiger partial charge in [0.25, 0.3) is 5.91 Å². The number of hydrogen-bond acceptors (Lipinski definition) is 4. The molecule has 3 heterocycles. The van der Waals surface area contributed by atoms with Crippen LogP contribution >= 0.6 is 0 Å². The molecule has 0 saturated carbocycles. The van der Waals surface area contributed by atoms with Crippen molar-refractivity contribution < 1.29 is 14.3 Å². The molecule has 1 aromatic heterocycles. The second kappa shape index (κ2) is 5.05. The Kier molecular flexibility index (Phi) is 3.03.